The molecule has 4 rings (SSSR count). The number of aromatic nitrogens is 2. The van der Waals surface area contributed by atoms with Gasteiger partial charge in [0, 0.05) is 18.7 Å². The van der Waals surface area contributed by atoms with Crippen LogP contribution in [-0.4, -0.2) is 63.4 Å². The third kappa shape index (κ3) is 2.23. The molecule has 0 aliphatic carbocycles. The Morgan fingerprint density at radius 1 is 1.35 bits per heavy atom. The summed E-state index contributed by atoms with van der Waals surface area (Å²) in [6.45, 7) is 0.627. The number of nitrogens with zero attached hydrogens (tertiary/aromatic N) is 3. The smallest absolute Gasteiger partial charge is 0.417 e. The van der Waals surface area contributed by atoms with E-state index in [1.165, 1.54) is 0 Å². The second-order valence-electron chi connectivity index (χ2n) is 5.65. The van der Waals surface area contributed by atoms with Crippen molar-refractivity contribution < 1.29 is 19.1 Å². The molecular weight excluding hydrogens is 300 g/mol. The molecule has 0 spiro atoms. The lowest BCUT2D eigenvalue weighted by Crippen LogP contribution is -2.42. The third-order valence-corrected chi connectivity index (χ3v) is 4.27. The molecule has 0 radical (unpaired) electrons. The van der Waals surface area contributed by atoms with Crippen molar-refractivity contribution in [1.29, 1.82) is 0 Å². The molecule has 2 aliphatic rings. The van der Waals surface area contributed by atoms with Gasteiger partial charge in [-0.05, 0) is 24.6 Å². The zero-order valence-electron chi connectivity index (χ0n) is 12.2. The normalized spacial score (nSPS) is 21.3. The maximum Gasteiger partial charge on any atom is 0.417 e. The second-order valence-corrected chi connectivity index (χ2v) is 5.65. The minimum Gasteiger partial charge on any atom is -0.439 e. The van der Waals surface area contributed by atoms with Crippen LogP contribution >= 0.6 is 0 Å². The van der Waals surface area contributed by atoms with Crippen LogP contribution in [0.3, 0.4) is 0 Å². The number of carbonyl (C=O) groups is 3. The highest BCUT2D eigenvalue weighted by Crippen LogP contribution is 2.22. The molecule has 1 atom stereocenters. The summed E-state index contributed by atoms with van der Waals surface area (Å²) < 4.78 is 4.73. The second kappa shape index (κ2) is 5.08. The Morgan fingerprint density at radius 2 is 2.22 bits per heavy atom. The van der Waals surface area contributed by atoms with Crippen LogP contribution < -0.4 is 0 Å². The molecule has 2 aliphatic heterocycles. The number of imide groups is 1. The molecule has 8 heteroatoms. The van der Waals surface area contributed by atoms with Gasteiger partial charge in [0.15, 0.2) is 6.61 Å². The van der Waals surface area contributed by atoms with Crippen molar-refractivity contribution in [2.75, 3.05) is 19.7 Å². The van der Waals surface area contributed by atoms with Crippen molar-refractivity contribution in [3.05, 3.63) is 30.1 Å². The van der Waals surface area contributed by atoms with Gasteiger partial charge in [-0.15, -0.1) is 0 Å². The fourth-order valence-electron chi connectivity index (χ4n) is 3.11. The summed E-state index contributed by atoms with van der Waals surface area (Å²) in [5, 5.41) is 0. The molecule has 1 unspecified atom stereocenters. The Hall–Kier alpha value is -2.90. The fraction of sp³-hybridized carbons (Fsp3) is 0.333. The van der Waals surface area contributed by atoms with Crippen LogP contribution in [0.5, 0.6) is 0 Å². The number of carbonyl (C=O) groups excluding carboxylic acids is 3. The van der Waals surface area contributed by atoms with E-state index in [1.54, 1.807) is 29.4 Å². The number of H-pyrrole nitrogens is 1. The van der Waals surface area contributed by atoms with Crippen LogP contribution in [0, 0.1) is 0 Å². The van der Waals surface area contributed by atoms with Gasteiger partial charge in [-0.3, -0.25) is 9.59 Å². The molecule has 0 saturated carbocycles. The molecule has 0 bridgehead atoms. The van der Waals surface area contributed by atoms with E-state index in [2.05, 4.69) is 9.97 Å². The maximum atomic E-state index is 12.6. The highest BCUT2D eigenvalue weighted by molar-refractivity contribution is 5.99. The summed E-state index contributed by atoms with van der Waals surface area (Å²) in [6.07, 6.45) is 1.53. The van der Waals surface area contributed by atoms with Crippen molar-refractivity contribution in [2.45, 2.75) is 12.5 Å². The number of hydrogen-bond donors (Lipinski definition) is 1. The third-order valence-electron chi connectivity index (χ3n) is 4.27. The zero-order valence-corrected chi connectivity index (χ0v) is 12.2. The number of fused-ring (bicyclic) bond motifs is 1. The molecule has 1 aromatic heterocycles. The monoisotopic (exact) mass is 314 g/mol. The number of rotatable bonds is 2. The number of likely N-dealkylation sites (tertiary alicyclic amines) is 1. The van der Waals surface area contributed by atoms with E-state index in [-0.39, 0.29) is 24.5 Å². The lowest BCUT2D eigenvalue weighted by Gasteiger charge is -2.20. The topological polar surface area (TPSA) is 95.6 Å². The first-order valence-electron chi connectivity index (χ1n) is 7.35. The summed E-state index contributed by atoms with van der Waals surface area (Å²) in [4.78, 5) is 45.8. The number of aromatic amines is 1. The molecule has 3 amide bonds. The van der Waals surface area contributed by atoms with Crippen molar-refractivity contribution in [2.24, 2.45) is 0 Å². The molecule has 3 heterocycles. The Morgan fingerprint density at radius 3 is 3.00 bits per heavy atom. The average molecular weight is 314 g/mol. The Balaban J connectivity index is 1.51. The van der Waals surface area contributed by atoms with Gasteiger partial charge in [-0.1, -0.05) is 0 Å². The van der Waals surface area contributed by atoms with Gasteiger partial charge < -0.3 is 14.6 Å². The van der Waals surface area contributed by atoms with Crippen molar-refractivity contribution in [3.63, 3.8) is 0 Å². The summed E-state index contributed by atoms with van der Waals surface area (Å²) in [5.74, 6) is -0.461. The maximum absolute atomic E-state index is 12.6. The molecule has 2 fully saturated rings. The standard InChI is InChI=1S/C15H14N4O4/c20-13-7-23-15(22)19(13)10-3-4-18(6-10)14(21)9-1-2-11-12(5-9)17-8-16-11/h1-2,5,8,10H,3-4,6-7H2,(H,16,17). The molecule has 23 heavy (non-hydrogen) atoms. The fourth-order valence-corrected chi connectivity index (χ4v) is 3.11. The van der Waals surface area contributed by atoms with E-state index in [4.69, 9.17) is 4.74 Å². The lowest BCUT2D eigenvalue weighted by molar-refractivity contribution is -0.127. The predicted octanol–water partition coefficient (Wildman–Crippen LogP) is 0.756. The van der Waals surface area contributed by atoms with Crippen LogP contribution in [0.2, 0.25) is 0 Å². The number of cyclic esters (lactones) is 1. The van der Waals surface area contributed by atoms with E-state index in [0.29, 0.717) is 25.1 Å². The zero-order chi connectivity index (χ0) is 16.0. The Kier molecular flexibility index (Phi) is 3.03. The van der Waals surface area contributed by atoms with Crippen LogP contribution in [-0.2, 0) is 9.53 Å². The van der Waals surface area contributed by atoms with E-state index in [0.717, 1.165) is 15.9 Å². The SMILES string of the molecule is O=C(c1ccc2nc[nH]c2c1)N1CCC(N2C(=O)COC2=O)C1. The van der Waals surface area contributed by atoms with Gasteiger partial charge in [0.05, 0.1) is 23.4 Å². The average Bonchev–Trinajstić information content (AvgIpc) is 3.26. The first-order chi connectivity index (χ1) is 11.1. The highest BCUT2D eigenvalue weighted by atomic mass is 16.6. The van der Waals surface area contributed by atoms with E-state index in [9.17, 15) is 14.4 Å². The number of amides is 3. The number of nitrogens with one attached hydrogen (secondary N) is 1. The quantitative estimate of drug-likeness (QED) is 0.882. The van der Waals surface area contributed by atoms with Gasteiger partial charge in [0.1, 0.15) is 0 Å². The minimum atomic E-state index is -0.617. The minimum absolute atomic E-state index is 0.121. The molecular formula is C15H14N4O4. The van der Waals surface area contributed by atoms with E-state index < -0.39 is 6.09 Å². The first-order valence-corrected chi connectivity index (χ1v) is 7.35. The van der Waals surface area contributed by atoms with Crippen molar-refractivity contribution >= 4 is 28.9 Å². The Labute approximate surface area is 131 Å². The van der Waals surface area contributed by atoms with Crippen LogP contribution in [0.1, 0.15) is 16.8 Å². The number of ether oxygens (including phenoxy) is 1. The highest BCUT2D eigenvalue weighted by Gasteiger charge is 2.41. The summed E-state index contributed by atoms with van der Waals surface area (Å²) >= 11 is 0. The van der Waals surface area contributed by atoms with Gasteiger partial charge >= 0.3 is 6.09 Å². The number of hydrogen-bond acceptors (Lipinski definition) is 5. The molecule has 1 aromatic carbocycles. The van der Waals surface area contributed by atoms with Gasteiger partial charge in [-0.2, -0.15) is 0 Å². The molecule has 8 nitrogen and oxygen atoms in total. The molecule has 118 valence electrons. The summed E-state index contributed by atoms with van der Waals surface area (Å²) in [7, 11) is 0. The van der Waals surface area contributed by atoms with Crippen molar-refractivity contribution in [3.8, 4) is 0 Å². The number of benzene rings is 1. The van der Waals surface area contributed by atoms with Crippen LogP contribution in [0.4, 0.5) is 4.79 Å². The van der Waals surface area contributed by atoms with Crippen LogP contribution in [0.15, 0.2) is 24.5 Å². The van der Waals surface area contributed by atoms with Crippen LogP contribution in [0.25, 0.3) is 11.0 Å². The van der Waals surface area contributed by atoms with Gasteiger partial charge in [-0.25, -0.2) is 14.7 Å². The van der Waals surface area contributed by atoms with Gasteiger partial charge in [0.25, 0.3) is 11.8 Å². The Bertz CT molecular complexity index is 799. The largest absolute Gasteiger partial charge is 0.439 e. The lowest BCUT2D eigenvalue weighted by atomic mass is 10.2. The van der Waals surface area contributed by atoms with E-state index >= 15 is 0 Å². The molecule has 1 N–H and O–H groups in total. The molecule has 2 aromatic rings. The predicted molar refractivity (Wildman–Crippen MR) is 78.6 cm³/mol. The summed E-state index contributed by atoms with van der Waals surface area (Å²) in [5.41, 5.74) is 2.15. The number of imidazole rings is 1. The molecule has 2 saturated heterocycles. The summed E-state index contributed by atoms with van der Waals surface area (Å²) in [6, 6.07) is 4.97. The van der Waals surface area contributed by atoms with Crippen molar-refractivity contribution in [1.82, 2.24) is 19.8 Å². The first kappa shape index (κ1) is 13.7. The van der Waals surface area contributed by atoms with E-state index in [1.807, 2.05) is 0 Å². The van der Waals surface area contributed by atoms with Gasteiger partial charge in [0.2, 0.25) is 0 Å².